The zero-order chi connectivity index (χ0) is 18.8. The molecule has 0 saturated heterocycles. The number of esters is 1. The molecule has 0 amide bonds. The molecule has 3 aromatic rings. The number of rotatable bonds is 4. The Morgan fingerprint density at radius 2 is 1.88 bits per heavy atom. The molecule has 3 rings (SSSR count). The van der Waals surface area contributed by atoms with Crippen molar-refractivity contribution in [3.63, 3.8) is 0 Å². The molecule has 0 saturated carbocycles. The minimum absolute atomic E-state index is 0.108. The Morgan fingerprint density at radius 3 is 2.54 bits per heavy atom. The minimum Gasteiger partial charge on any atom is -0.462 e. The van der Waals surface area contributed by atoms with Crippen molar-refractivity contribution in [2.75, 3.05) is 6.61 Å². The number of fused-ring (bicyclic) bond motifs is 1. The van der Waals surface area contributed by atoms with Crippen LogP contribution in [0.4, 0.5) is 8.78 Å². The van der Waals surface area contributed by atoms with Gasteiger partial charge in [-0.1, -0.05) is 22.0 Å². The van der Waals surface area contributed by atoms with Gasteiger partial charge in [-0.2, -0.15) is 0 Å². The Hall–Kier alpha value is -2.54. The van der Waals surface area contributed by atoms with Gasteiger partial charge in [0.1, 0.15) is 17.2 Å². The third kappa shape index (κ3) is 3.39. The number of pyridine rings is 1. The van der Waals surface area contributed by atoms with E-state index in [1.165, 1.54) is 16.8 Å². The lowest BCUT2D eigenvalue weighted by atomic mass is 10.1. The van der Waals surface area contributed by atoms with Crippen molar-refractivity contribution in [3.05, 3.63) is 80.1 Å². The molecule has 26 heavy (non-hydrogen) atoms. The number of benzene rings is 2. The fraction of sp³-hybridized carbons (Fsp3) is 0.158. The highest BCUT2D eigenvalue weighted by Gasteiger charge is 2.18. The normalized spacial score (nSPS) is 10.9. The van der Waals surface area contributed by atoms with E-state index >= 15 is 0 Å². The summed E-state index contributed by atoms with van der Waals surface area (Å²) in [6.07, 6.45) is 1.28. The van der Waals surface area contributed by atoms with Crippen LogP contribution < -0.4 is 5.43 Å². The molecule has 0 spiro atoms. The van der Waals surface area contributed by atoms with Crippen LogP contribution in [-0.4, -0.2) is 17.1 Å². The second-order valence-corrected chi connectivity index (χ2v) is 6.50. The standard InChI is InChI=1S/C19H14BrF2NO3/c1-2-26-19(25)14-10-23(9-13-15(21)4-3-5-16(13)22)17-7-6-11(20)8-12(17)18(14)24/h3-8,10H,2,9H2,1H3. The summed E-state index contributed by atoms with van der Waals surface area (Å²) in [5.74, 6) is -2.18. The van der Waals surface area contributed by atoms with E-state index in [4.69, 9.17) is 4.74 Å². The molecule has 0 aliphatic heterocycles. The molecule has 0 aliphatic carbocycles. The van der Waals surface area contributed by atoms with Crippen LogP contribution in [-0.2, 0) is 11.3 Å². The Balaban J connectivity index is 2.25. The van der Waals surface area contributed by atoms with E-state index in [9.17, 15) is 18.4 Å². The Kier molecular flexibility index (Phi) is 5.18. The van der Waals surface area contributed by atoms with Crippen molar-refractivity contribution < 1.29 is 18.3 Å². The summed E-state index contributed by atoms with van der Waals surface area (Å²) >= 11 is 3.29. The maximum atomic E-state index is 14.0. The first-order valence-electron chi connectivity index (χ1n) is 7.85. The maximum absolute atomic E-state index is 14.0. The molecular formula is C19H14BrF2NO3. The second-order valence-electron chi connectivity index (χ2n) is 5.58. The van der Waals surface area contributed by atoms with Crippen LogP contribution >= 0.6 is 15.9 Å². The predicted molar refractivity (Wildman–Crippen MR) is 97.3 cm³/mol. The third-order valence-corrected chi connectivity index (χ3v) is 4.42. The van der Waals surface area contributed by atoms with Crippen LogP contribution in [0.15, 0.2) is 51.9 Å². The number of nitrogens with zero attached hydrogens (tertiary/aromatic N) is 1. The van der Waals surface area contributed by atoms with Gasteiger partial charge in [-0.15, -0.1) is 0 Å². The summed E-state index contributed by atoms with van der Waals surface area (Å²) in [4.78, 5) is 24.8. The first kappa shape index (κ1) is 18.3. The molecule has 0 unspecified atom stereocenters. The number of carbonyl (C=O) groups is 1. The van der Waals surface area contributed by atoms with E-state index < -0.39 is 23.0 Å². The Morgan fingerprint density at radius 1 is 1.19 bits per heavy atom. The molecule has 1 aromatic heterocycles. The summed E-state index contributed by atoms with van der Waals surface area (Å²) in [7, 11) is 0. The molecule has 0 bridgehead atoms. The van der Waals surface area contributed by atoms with Gasteiger partial charge in [0, 0.05) is 21.6 Å². The van der Waals surface area contributed by atoms with Crippen molar-refractivity contribution in [1.29, 1.82) is 0 Å². The van der Waals surface area contributed by atoms with E-state index in [1.54, 1.807) is 25.1 Å². The highest BCUT2D eigenvalue weighted by Crippen LogP contribution is 2.21. The Bertz CT molecular complexity index is 1040. The summed E-state index contributed by atoms with van der Waals surface area (Å²) in [6, 6.07) is 8.51. The lowest BCUT2D eigenvalue weighted by Crippen LogP contribution is -2.21. The Labute approximate surface area is 156 Å². The fourth-order valence-corrected chi connectivity index (χ4v) is 3.07. The molecular weight excluding hydrogens is 408 g/mol. The van der Waals surface area contributed by atoms with Crippen molar-refractivity contribution in [2.24, 2.45) is 0 Å². The van der Waals surface area contributed by atoms with Crippen molar-refractivity contribution in [1.82, 2.24) is 4.57 Å². The highest BCUT2D eigenvalue weighted by atomic mass is 79.9. The van der Waals surface area contributed by atoms with Crippen LogP contribution in [0.5, 0.6) is 0 Å². The summed E-state index contributed by atoms with van der Waals surface area (Å²) in [5, 5.41) is 0.252. The van der Waals surface area contributed by atoms with Crippen LogP contribution in [0.1, 0.15) is 22.8 Å². The summed E-state index contributed by atoms with van der Waals surface area (Å²) in [5.41, 5.74) is -0.386. The minimum atomic E-state index is -0.776. The van der Waals surface area contributed by atoms with Gasteiger partial charge in [0.15, 0.2) is 0 Å². The molecule has 0 N–H and O–H groups in total. The van der Waals surface area contributed by atoms with Crippen LogP contribution in [0.25, 0.3) is 10.9 Å². The van der Waals surface area contributed by atoms with Crippen LogP contribution in [0.2, 0.25) is 0 Å². The molecule has 0 radical (unpaired) electrons. The number of halogens is 3. The van der Waals surface area contributed by atoms with E-state index in [-0.39, 0.29) is 29.7 Å². The van der Waals surface area contributed by atoms with Gasteiger partial charge in [-0.25, -0.2) is 13.6 Å². The fourth-order valence-electron chi connectivity index (χ4n) is 2.71. The quantitative estimate of drug-likeness (QED) is 0.591. The van der Waals surface area contributed by atoms with Crippen molar-refractivity contribution in [3.8, 4) is 0 Å². The molecule has 4 nitrogen and oxygen atoms in total. The van der Waals surface area contributed by atoms with Gasteiger partial charge in [-0.3, -0.25) is 4.79 Å². The molecule has 0 fully saturated rings. The second kappa shape index (κ2) is 7.37. The highest BCUT2D eigenvalue weighted by molar-refractivity contribution is 9.10. The zero-order valence-corrected chi connectivity index (χ0v) is 15.3. The first-order valence-corrected chi connectivity index (χ1v) is 8.64. The van der Waals surface area contributed by atoms with E-state index in [0.29, 0.717) is 9.99 Å². The molecule has 0 atom stereocenters. The maximum Gasteiger partial charge on any atom is 0.343 e. The average Bonchev–Trinajstić information content (AvgIpc) is 2.60. The summed E-state index contributed by atoms with van der Waals surface area (Å²) < 4.78 is 35.1. The van der Waals surface area contributed by atoms with E-state index in [1.807, 2.05) is 0 Å². The number of hydrogen-bond acceptors (Lipinski definition) is 3. The number of aromatic nitrogens is 1. The molecule has 0 aliphatic rings. The van der Waals surface area contributed by atoms with Gasteiger partial charge in [0.25, 0.3) is 0 Å². The van der Waals surface area contributed by atoms with Gasteiger partial charge >= 0.3 is 5.97 Å². The lowest BCUT2D eigenvalue weighted by Gasteiger charge is -2.14. The van der Waals surface area contributed by atoms with E-state index in [0.717, 1.165) is 12.1 Å². The molecule has 134 valence electrons. The topological polar surface area (TPSA) is 48.3 Å². The average molecular weight is 422 g/mol. The predicted octanol–water partition coefficient (Wildman–Crippen LogP) is 4.27. The monoisotopic (exact) mass is 421 g/mol. The molecule has 7 heteroatoms. The van der Waals surface area contributed by atoms with Gasteiger partial charge in [0.05, 0.1) is 18.7 Å². The third-order valence-electron chi connectivity index (χ3n) is 3.93. The first-order chi connectivity index (χ1) is 12.4. The number of hydrogen-bond donors (Lipinski definition) is 0. The smallest absolute Gasteiger partial charge is 0.343 e. The number of carbonyl (C=O) groups excluding carboxylic acids is 1. The van der Waals surface area contributed by atoms with Gasteiger partial charge in [-0.05, 0) is 37.3 Å². The van der Waals surface area contributed by atoms with E-state index in [2.05, 4.69) is 15.9 Å². The lowest BCUT2D eigenvalue weighted by molar-refractivity contribution is 0.0524. The molecule has 2 aromatic carbocycles. The van der Waals surface area contributed by atoms with Crippen molar-refractivity contribution >= 4 is 32.8 Å². The number of ether oxygens (including phenoxy) is 1. The van der Waals surface area contributed by atoms with Gasteiger partial charge < -0.3 is 9.30 Å². The van der Waals surface area contributed by atoms with Crippen LogP contribution in [0, 0.1) is 11.6 Å². The van der Waals surface area contributed by atoms with Crippen LogP contribution in [0.3, 0.4) is 0 Å². The summed E-state index contributed by atoms with van der Waals surface area (Å²) in [6.45, 7) is 1.56. The molecule has 1 heterocycles. The van der Waals surface area contributed by atoms with Gasteiger partial charge in [0.2, 0.25) is 5.43 Å². The zero-order valence-electron chi connectivity index (χ0n) is 13.8. The largest absolute Gasteiger partial charge is 0.462 e. The SMILES string of the molecule is CCOC(=O)c1cn(Cc2c(F)cccc2F)c2ccc(Br)cc2c1=O. The van der Waals surface area contributed by atoms with Crippen molar-refractivity contribution in [2.45, 2.75) is 13.5 Å².